The highest BCUT2D eigenvalue weighted by Crippen LogP contribution is 2.11. The van der Waals surface area contributed by atoms with Crippen LogP contribution in [0.5, 0.6) is 0 Å². The molecular formula is C13H14N2O3S. The van der Waals surface area contributed by atoms with E-state index in [4.69, 9.17) is 16.6 Å². The fraction of sp³-hybridized carbons (Fsp3) is 0.231. The molecule has 2 rings (SSSR count). The molecule has 0 aliphatic carbocycles. The monoisotopic (exact) mass is 278 g/mol. The van der Waals surface area contributed by atoms with Crippen LogP contribution in [0.15, 0.2) is 34.9 Å². The Kier molecular flexibility index (Phi) is 4.13. The zero-order valence-corrected chi connectivity index (χ0v) is 11.2. The topological polar surface area (TPSA) is 78.3 Å². The molecule has 1 aromatic carbocycles. The van der Waals surface area contributed by atoms with E-state index in [0.29, 0.717) is 11.3 Å². The van der Waals surface area contributed by atoms with Crippen LogP contribution in [0.25, 0.3) is 0 Å². The molecule has 6 heteroatoms. The number of oxazole rings is 1. The number of aromatic amines is 1. The van der Waals surface area contributed by atoms with Gasteiger partial charge in [-0.2, -0.15) is 0 Å². The predicted octanol–water partition coefficient (Wildman–Crippen LogP) is 2.11. The molecule has 0 saturated carbocycles. The largest absolute Gasteiger partial charge is 0.432 e. The average molecular weight is 278 g/mol. The molecule has 0 aliphatic rings. The average Bonchev–Trinajstić information content (AvgIpc) is 2.82. The number of aliphatic hydroxyl groups excluding tert-OH is 1. The number of carbonyl (C=O) groups excluding carboxylic acids is 1. The second-order valence-electron chi connectivity index (χ2n) is 4.18. The SMILES string of the molecule is Cc1cccc(C(=O)NCC(O)c2c[nH]c(=S)o2)c1. The van der Waals surface area contributed by atoms with Gasteiger partial charge in [-0.15, -0.1) is 0 Å². The Labute approximate surface area is 115 Å². The van der Waals surface area contributed by atoms with Crippen LogP contribution in [0, 0.1) is 11.8 Å². The highest BCUT2D eigenvalue weighted by Gasteiger charge is 2.13. The summed E-state index contributed by atoms with van der Waals surface area (Å²) >= 11 is 4.76. The van der Waals surface area contributed by atoms with Crippen LogP contribution >= 0.6 is 12.2 Å². The van der Waals surface area contributed by atoms with Crippen LogP contribution in [0.4, 0.5) is 0 Å². The maximum absolute atomic E-state index is 11.9. The summed E-state index contributed by atoms with van der Waals surface area (Å²) in [4.78, 5) is 14.7. The Bertz CT molecular complexity index is 633. The maximum Gasteiger partial charge on any atom is 0.266 e. The van der Waals surface area contributed by atoms with Gasteiger partial charge >= 0.3 is 0 Å². The van der Waals surface area contributed by atoms with Crippen molar-refractivity contribution >= 4 is 18.1 Å². The van der Waals surface area contributed by atoms with Gasteiger partial charge in [-0.1, -0.05) is 17.7 Å². The van der Waals surface area contributed by atoms with Crippen molar-refractivity contribution in [3.63, 3.8) is 0 Å². The van der Waals surface area contributed by atoms with Crippen molar-refractivity contribution in [1.29, 1.82) is 0 Å². The second kappa shape index (κ2) is 5.81. The molecule has 0 spiro atoms. The van der Waals surface area contributed by atoms with E-state index < -0.39 is 6.10 Å². The normalized spacial score (nSPS) is 12.1. The minimum absolute atomic E-state index is 0.0584. The number of hydrogen-bond acceptors (Lipinski definition) is 4. The summed E-state index contributed by atoms with van der Waals surface area (Å²) in [5.41, 5.74) is 1.56. The van der Waals surface area contributed by atoms with Crippen LogP contribution in [0.2, 0.25) is 0 Å². The van der Waals surface area contributed by atoms with E-state index >= 15 is 0 Å². The molecule has 5 nitrogen and oxygen atoms in total. The number of aromatic nitrogens is 1. The first-order chi connectivity index (χ1) is 9.06. The maximum atomic E-state index is 11.9. The van der Waals surface area contributed by atoms with E-state index in [1.165, 1.54) is 6.20 Å². The third-order valence-electron chi connectivity index (χ3n) is 2.61. The Morgan fingerprint density at radius 1 is 1.58 bits per heavy atom. The van der Waals surface area contributed by atoms with Gasteiger partial charge in [0.1, 0.15) is 6.10 Å². The van der Waals surface area contributed by atoms with Crippen molar-refractivity contribution < 1.29 is 14.3 Å². The van der Waals surface area contributed by atoms with Crippen molar-refractivity contribution in [3.05, 3.63) is 52.2 Å². The highest BCUT2D eigenvalue weighted by atomic mass is 32.1. The van der Waals surface area contributed by atoms with Crippen LogP contribution < -0.4 is 5.32 Å². The van der Waals surface area contributed by atoms with E-state index in [0.717, 1.165) is 5.56 Å². The Balaban J connectivity index is 1.95. The molecule has 100 valence electrons. The van der Waals surface area contributed by atoms with E-state index in [-0.39, 0.29) is 17.3 Å². The zero-order chi connectivity index (χ0) is 13.8. The van der Waals surface area contributed by atoms with Gasteiger partial charge in [0.2, 0.25) is 0 Å². The summed E-state index contributed by atoms with van der Waals surface area (Å²) < 4.78 is 5.06. The fourth-order valence-corrected chi connectivity index (χ4v) is 1.79. The Hall–Kier alpha value is -1.92. The zero-order valence-electron chi connectivity index (χ0n) is 10.3. The Morgan fingerprint density at radius 3 is 3.00 bits per heavy atom. The number of nitrogens with one attached hydrogen (secondary N) is 2. The standard InChI is InChI=1S/C13H14N2O3S/c1-8-3-2-4-9(5-8)12(17)14-6-10(16)11-7-15-13(19)18-11/h2-5,7,10,16H,6H2,1H3,(H,14,17)(H,15,19). The summed E-state index contributed by atoms with van der Waals surface area (Å²) in [6.07, 6.45) is 0.549. The summed E-state index contributed by atoms with van der Waals surface area (Å²) in [5.74, 6) is 0.0615. The number of aliphatic hydroxyl groups is 1. The molecule has 0 aliphatic heterocycles. The van der Waals surface area contributed by atoms with E-state index in [1.54, 1.807) is 12.1 Å². The summed E-state index contributed by atoms with van der Waals surface area (Å²) in [6, 6.07) is 7.22. The van der Waals surface area contributed by atoms with E-state index in [1.807, 2.05) is 19.1 Å². The van der Waals surface area contributed by atoms with Crippen molar-refractivity contribution in [3.8, 4) is 0 Å². The van der Waals surface area contributed by atoms with E-state index in [2.05, 4.69) is 10.3 Å². The van der Waals surface area contributed by atoms with Crippen molar-refractivity contribution in [1.82, 2.24) is 10.3 Å². The van der Waals surface area contributed by atoms with Gasteiger partial charge in [-0.05, 0) is 31.3 Å². The molecule has 1 amide bonds. The van der Waals surface area contributed by atoms with Crippen molar-refractivity contribution in [2.45, 2.75) is 13.0 Å². The molecule has 19 heavy (non-hydrogen) atoms. The van der Waals surface area contributed by atoms with Crippen molar-refractivity contribution in [2.24, 2.45) is 0 Å². The number of aryl methyl sites for hydroxylation is 1. The summed E-state index contributed by atoms with van der Waals surface area (Å²) in [6.45, 7) is 1.97. The molecule has 3 N–H and O–H groups in total. The lowest BCUT2D eigenvalue weighted by Gasteiger charge is -2.09. The van der Waals surface area contributed by atoms with Crippen LogP contribution in [-0.4, -0.2) is 22.5 Å². The number of hydrogen-bond donors (Lipinski definition) is 3. The minimum Gasteiger partial charge on any atom is -0.432 e. The van der Waals surface area contributed by atoms with Crippen LogP contribution in [0.1, 0.15) is 27.8 Å². The minimum atomic E-state index is -0.929. The number of benzene rings is 1. The molecule has 0 fully saturated rings. The molecule has 1 atom stereocenters. The lowest BCUT2D eigenvalue weighted by Crippen LogP contribution is -2.28. The van der Waals surface area contributed by atoms with Crippen LogP contribution in [-0.2, 0) is 0 Å². The number of amides is 1. The predicted molar refractivity (Wildman–Crippen MR) is 72.4 cm³/mol. The smallest absolute Gasteiger partial charge is 0.266 e. The van der Waals surface area contributed by atoms with Gasteiger partial charge in [-0.3, -0.25) is 4.79 Å². The third kappa shape index (κ3) is 3.52. The lowest BCUT2D eigenvalue weighted by molar-refractivity contribution is 0.0900. The molecule has 0 saturated heterocycles. The lowest BCUT2D eigenvalue weighted by atomic mass is 10.1. The van der Waals surface area contributed by atoms with Crippen LogP contribution in [0.3, 0.4) is 0 Å². The first-order valence-electron chi connectivity index (χ1n) is 5.77. The van der Waals surface area contributed by atoms with Gasteiger partial charge in [0.15, 0.2) is 5.76 Å². The van der Waals surface area contributed by atoms with Gasteiger partial charge in [0.25, 0.3) is 10.7 Å². The Morgan fingerprint density at radius 2 is 2.37 bits per heavy atom. The number of carbonyl (C=O) groups is 1. The molecule has 1 unspecified atom stereocenters. The second-order valence-corrected chi connectivity index (χ2v) is 4.55. The molecule has 1 aromatic heterocycles. The number of H-pyrrole nitrogens is 1. The van der Waals surface area contributed by atoms with Gasteiger partial charge < -0.3 is 19.8 Å². The highest BCUT2D eigenvalue weighted by molar-refractivity contribution is 7.71. The first-order valence-corrected chi connectivity index (χ1v) is 6.18. The van der Waals surface area contributed by atoms with Gasteiger partial charge in [0, 0.05) is 11.8 Å². The van der Waals surface area contributed by atoms with Gasteiger partial charge in [-0.25, -0.2) is 0 Å². The quantitative estimate of drug-likeness (QED) is 0.748. The fourth-order valence-electron chi connectivity index (χ4n) is 1.64. The van der Waals surface area contributed by atoms with E-state index in [9.17, 15) is 9.90 Å². The molecule has 0 radical (unpaired) electrons. The molecular weight excluding hydrogens is 264 g/mol. The summed E-state index contributed by atoms with van der Waals surface area (Å²) in [7, 11) is 0. The number of rotatable bonds is 4. The third-order valence-corrected chi connectivity index (χ3v) is 2.81. The first kappa shape index (κ1) is 13.5. The molecule has 0 bridgehead atoms. The van der Waals surface area contributed by atoms with Crippen molar-refractivity contribution in [2.75, 3.05) is 6.54 Å². The van der Waals surface area contributed by atoms with Gasteiger partial charge in [0.05, 0.1) is 6.54 Å². The summed E-state index contributed by atoms with van der Waals surface area (Å²) in [5, 5.41) is 12.4. The molecule has 2 aromatic rings. The molecule has 1 heterocycles.